The van der Waals surface area contributed by atoms with E-state index < -0.39 is 0 Å². The lowest BCUT2D eigenvalue weighted by atomic mass is 9.93. The fraction of sp³-hybridized carbons (Fsp3) is 0.500. The van der Waals surface area contributed by atoms with Gasteiger partial charge in [0.15, 0.2) is 0 Å². The minimum atomic E-state index is 0.120. The summed E-state index contributed by atoms with van der Waals surface area (Å²) in [7, 11) is 1.99. The summed E-state index contributed by atoms with van der Waals surface area (Å²) >= 11 is 0. The monoisotopic (exact) mass is 338 g/mol. The molecule has 0 saturated carbocycles. The van der Waals surface area contributed by atoms with Gasteiger partial charge in [0.25, 0.3) is 0 Å². The van der Waals surface area contributed by atoms with Gasteiger partial charge in [-0.1, -0.05) is 12.1 Å². The van der Waals surface area contributed by atoms with Crippen molar-refractivity contribution in [2.45, 2.75) is 39.3 Å². The molecule has 5 nitrogen and oxygen atoms in total. The van der Waals surface area contributed by atoms with Crippen LogP contribution in [0.2, 0.25) is 0 Å². The summed E-state index contributed by atoms with van der Waals surface area (Å²) in [6, 6.07) is 10.2. The molecule has 5 heteroatoms. The van der Waals surface area contributed by atoms with E-state index in [0.29, 0.717) is 11.5 Å². The van der Waals surface area contributed by atoms with Crippen LogP contribution in [0.25, 0.3) is 0 Å². The normalized spacial score (nSPS) is 21.2. The molecule has 0 unspecified atom stereocenters. The first-order chi connectivity index (χ1) is 12.0. The van der Waals surface area contributed by atoms with Crippen LogP contribution in [0.3, 0.4) is 0 Å². The van der Waals surface area contributed by atoms with Crippen LogP contribution in [0.5, 0.6) is 0 Å². The van der Waals surface area contributed by atoms with Crippen molar-refractivity contribution in [1.29, 1.82) is 5.26 Å². The molecule has 3 atom stereocenters. The van der Waals surface area contributed by atoms with Crippen molar-refractivity contribution < 1.29 is 4.74 Å². The average molecular weight is 338 g/mol. The van der Waals surface area contributed by atoms with Crippen LogP contribution in [0.1, 0.15) is 53.6 Å². The van der Waals surface area contributed by atoms with E-state index in [-0.39, 0.29) is 12.1 Å². The number of nitrogens with zero attached hydrogens (tertiary/aromatic N) is 3. The first-order valence-electron chi connectivity index (χ1n) is 8.86. The second-order valence-electron chi connectivity index (χ2n) is 6.91. The van der Waals surface area contributed by atoms with Gasteiger partial charge in [0.1, 0.15) is 0 Å². The Bertz CT molecular complexity index is 772. The molecule has 1 aliphatic heterocycles. The molecule has 0 bridgehead atoms. The topological polar surface area (TPSA) is 62.9 Å². The van der Waals surface area contributed by atoms with Crippen LogP contribution >= 0.6 is 0 Å². The summed E-state index contributed by atoms with van der Waals surface area (Å²) in [5, 5.41) is 17.1. The summed E-state index contributed by atoms with van der Waals surface area (Å²) in [5.41, 5.74) is 5.40. The van der Waals surface area contributed by atoms with Gasteiger partial charge in [-0.2, -0.15) is 10.4 Å². The fourth-order valence-electron chi connectivity index (χ4n) is 3.66. The van der Waals surface area contributed by atoms with Crippen LogP contribution in [-0.2, 0) is 11.8 Å². The van der Waals surface area contributed by atoms with Crippen molar-refractivity contribution >= 4 is 0 Å². The van der Waals surface area contributed by atoms with E-state index in [4.69, 9.17) is 10.00 Å². The summed E-state index contributed by atoms with van der Waals surface area (Å²) in [6.07, 6.45) is 1.18. The van der Waals surface area contributed by atoms with Gasteiger partial charge in [-0.05, 0) is 44.9 Å². The number of nitrogens with one attached hydrogen (secondary N) is 1. The van der Waals surface area contributed by atoms with Crippen LogP contribution < -0.4 is 5.32 Å². The minimum absolute atomic E-state index is 0.120. The van der Waals surface area contributed by atoms with E-state index in [1.807, 2.05) is 36.0 Å². The van der Waals surface area contributed by atoms with Gasteiger partial charge < -0.3 is 10.1 Å². The largest absolute Gasteiger partial charge is 0.373 e. The van der Waals surface area contributed by atoms with Crippen molar-refractivity contribution in [1.82, 2.24) is 15.1 Å². The molecular formula is C20H26N4O. The molecule has 132 valence electrons. The van der Waals surface area contributed by atoms with E-state index in [1.165, 1.54) is 16.8 Å². The Kier molecular flexibility index (Phi) is 5.22. The Morgan fingerprint density at radius 1 is 1.36 bits per heavy atom. The zero-order valence-electron chi connectivity index (χ0n) is 15.4. The molecule has 0 aliphatic carbocycles. The predicted octanol–water partition coefficient (Wildman–Crippen LogP) is 3.34. The van der Waals surface area contributed by atoms with Crippen LogP contribution in [0.4, 0.5) is 0 Å². The van der Waals surface area contributed by atoms with Gasteiger partial charge in [-0.15, -0.1) is 0 Å². The number of hydrogen-bond donors (Lipinski definition) is 1. The molecule has 1 aliphatic rings. The standard InChI is InChI=1S/C20H26N4O/c1-13(17-7-5-16(11-21)6-8-17)22-12-18-9-10-25-20(18)19-14(2)23-24(4)15(19)3/h5-8,13,18,20,22H,9-10,12H2,1-4H3/t13-,18+,20-/m1/s1. The SMILES string of the molecule is Cc1nn(C)c(C)c1[C@@H]1OCC[C@H]1CN[C@H](C)c1ccc(C#N)cc1. The molecule has 0 radical (unpaired) electrons. The quantitative estimate of drug-likeness (QED) is 0.908. The number of aryl methyl sites for hydroxylation is 2. The van der Waals surface area contributed by atoms with E-state index in [1.54, 1.807) is 0 Å². The average Bonchev–Trinajstić information content (AvgIpc) is 3.16. The molecule has 0 amide bonds. The van der Waals surface area contributed by atoms with Gasteiger partial charge >= 0.3 is 0 Å². The van der Waals surface area contributed by atoms with Crippen molar-refractivity contribution in [3.8, 4) is 6.07 Å². The smallest absolute Gasteiger partial charge is 0.0991 e. The van der Waals surface area contributed by atoms with Gasteiger partial charge in [0.05, 0.1) is 23.4 Å². The summed E-state index contributed by atoms with van der Waals surface area (Å²) in [6.45, 7) is 8.04. The lowest BCUT2D eigenvalue weighted by Gasteiger charge is -2.22. The lowest BCUT2D eigenvalue weighted by molar-refractivity contribution is 0.0888. The first kappa shape index (κ1) is 17.7. The van der Waals surface area contributed by atoms with Gasteiger partial charge in [0, 0.05) is 43.4 Å². The first-order valence-corrected chi connectivity index (χ1v) is 8.86. The molecule has 3 rings (SSSR count). The molecule has 1 fully saturated rings. The molecule has 25 heavy (non-hydrogen) atoms. The fourth-order valence-corrected chi connectivity index (χ4v) is 3.66. The van der Waals surface area contributed by atoms with E-state index in [2.05, 4.69) is 37.3 Å². The van der Waals surface area contributed by atoms with E-state index in [9.17, 15) is 0 Å². The molecule has 1 aromatic heterocycles. The Morgan fingerprint density at radius 2 is 2.08 bits per heavy atom. The van der Waals surface area contributed by atoms with Crippen LogP contribution in [-0.4, -0.2) is 22.9 Å². The number of benzene rings is 1. The van der Waals surface area contributed by atoms with Crippen molar-refractivity contribution in [3.05, 3.63) is 52.3 Å². The number of aromatic nitrogens is 2. The zero-order valence-corrected chi connectivity index (χ0v) is 15.4. The highest BCUT2D eigenvalue weighted by molar-refractivity contribution is 5.33. The highest BCUT2D eigenvalue weighted by Gasteiger charge is 2.33. The van der Waals surface area contributed by atoms with Crippen molar-refractivity contribution in [3.63, 3.8) is 0 Å². The van der Waals surface area contributed by atoms with E-state index in [0.717, 1.165) is 25.3 Å². The van der Waals surface area contributed by atoms with Crippen molar-refractivity contribution in [2.24, 2.45) is 13.0 Å². The Hall–Kier alpha value is -2.16. The lowest BCUT2D eigenvalue weighted by Crippen LogP contribution is -2.27. The molecule has 2 heterocycles. The van der Waals surface area contributed by atoms with Gasteiger partial charge in [0.2, 0.25) is 0 Å². The van der Waals surface area contributed by atoms with Crippen LogP contribution in [0.15, 0.2) is 24.3 Å². The molecule has 0 spiro atoms. The summed E-state index contributed by atoms with van der Waals surface area (Å²) < 4.78 is 8.01. The molecule has 1 aromatic carbocycles. The Balaban J connectivity index is 1.66. The number of ether oxygens (including phenoxy) is 1. The van der Waals surface area contributed by atoms with Crippen molar-refractivity contribution in [2.75, 3.05) is 13.2 Å². The molecule has 1 N–H and O–H groups in total. The maximum Gasteiger partial charge on any atom is 0.0991 e. The molecular weight excluding hydrogens is 312 g/mol. The maximum atomic E-state index is 8.91. The number of hydrogen-bond acceptors (Lipinski definition) is 4. The van der Waals surface area contributed by atoms with E-state index >= 15 is 0 Å². The third-order valence-electron chi connectivity index (χ3n) is 5.29. The second kappa shape index (κ2) is 7.38. The number of nitriles is 1. The Morgan fingerprint density at radius 3 is 2.68 bits per heavy atom. The predicted molar refractivity (Wildman–Crippen MR) is 97.1 cm³/mol. The summed E-state index contributed by atoms with van der Waals surface area (Å²) in [4.78, 5) is 0. The highest BCUT2D eigenvalue weighted by Crippen LogP contribution is 2.37. The zero-order chi connectivity index (χ0) is 18.0. The number of rotatable bonds is 5. The van der Waals surface area contributed by atoms with Gasteiger partial charge in [-0.3, -0.25) is 4.68 Å². The highest BCUT2D eigenvalue weighted by atomic mass is 16.5. The third kappa shape index (κ3) is 3.60. The second-order valence-corrected chi connectivity index (χ2v) is 6.91. The van der Waals surface area contributed by atoms with Gasteiger partial charge in [-0.25, -0.2) is 0 Å². The Labute approximate surface area is 149 Å². The maximum absolute atomic E-state index is 8.91. The minimum Gasteiger partial charge on any atom is -0.373 e. The summed E-state index contributed by atoms with van der Waals surface area (Å²) in [5.74, 6) is 0.447. The molecule has 2 aromatic rings. The molecule has 1 saturated heterocycles. The third-order valence-corrected chi connectivity index (χ3v) is 5.29. The van der Waals surface area contributed by atoms with Crippen LogP contribution in [0, 0.1) is 31.1 Å².